The maximum Gasteiger partial charge on any atom is 0.355 e. The maximum atomic E-state index is 13.2. The van der Waals surface area contributed by atoms with Crippen LogP contribution in [0, 0.1) is 14.9 Å². The van der Waals surface area contributed by atoms with Crippen molar-refractivity contribution < 1.29 is 28.6 Å². The molecule has 0 spiro atoms. The fourth-order valence-electron chi connectivity index (χ4n) is 3.80. The predicted octanol–water partition coefficient (Wildman–Crippen LogP) is 3.63. The monoisotopic (exact) mass is 607 g/mol. The molecule has 2 aromatic carbocycles. The van der Waals surface area contributed by atoms with Crippen molar-refractivity contribution in [2.75, 3.05) is 26.2 Å². The second-order valence-electron chi connectivity index (χ2n) is 7.11. The highest BCUT2D eigenvalue weighted by Gasteiger charge is 2.44. The van der Waals surface area contributed by atoms with E-state index < -0.39 is 23.8 Å². The van der Waals surface area contributed by atoms with Crippen molar-refractivity contribution in [3.05, 3.63) is 84.8 Å². The van der Waals surface area contributed by atoms with E-state index in [0.717, 1.165) is 19.1 Å². The molecule has 0 amide bonds. The van der Waals surface area contributed by atoms with E-state index >= 15 is 0 Å². The van der Waals surface area contributed by atoms with Crippen LogP contribution in [0.1, 0.15) is 21.8 Å². The molecule has 1 unspecified atom stereocenters. The molecule has 9 nitrogen and oxygen atoms in total. The van der Waals surface area contributed by atoms with E-state index in [1.54, 1.807) is 30.3 Å². The van der Waals surface area contributed by atoms with Crippen molar-refractivity contribution in [2.45, 2.75) is 5.92 Å². The minimum Gasteiger partial charge on any atom is -0.466 e. The summed E-state index contributed by atoms with van der Waals surface area (Å²) in [6.45, 7) is 0. The van der Waals surface area contributed by atoms with E-state index in [-0.39, 0.29) is 38.9 Å². The number of carbonyl (C=O) groups is 3. The summed E-state index contributed by atoms with van der Waals surface area (Å²) in [6.07, 6.45) is 0. The van der Waals surface area contributed by atoms with Gasteiger partial charge in [-0.3, -0.25) is 4.90 Å². The molecule has 1 atom stereocenters. The Bertz CT molecular complexity index is 1320. The number of hydrogen-bond donors (Lipinski definition) is 1. The number of rotatable bonds is 5. The van der Waals surface area contributed by atoms with Crippen molar-refractivity contribution >= 4 is 57.8 Å². The third kappa shape index (κ3) is 4.69. The molecule has 180 valence electrons. The summed E-state index contributed by atoms with van der Waals surface area (Å²) in [5.41, 5.74) is 6.53. The molecule has 1 aliphatic rings. The topological polar surface area (TPSA) is 132 Å². The number of carbonyl (C=O) groups excluding carboxylic acids is 3. The SMILES string of the molecule is COC(=O)C1=C(C(=O)OC)N(c2c(I)cc(Cl)cc2C(=O)OC)C(N)=C(C#N)C1c1ccccc1. The van der Waals surface area contributed by atoms with E-state index in [2.05, 4.69) is 6.07 Å². The smallest absolute Gasteiger partial charge is 0.355 e. The first-order valence-corrected chi connectivity index (χ1v) is 11.4. The number of anilines is 1. The molecule has 0 radical (unpaired) electrons. The summed E-state index contributed by atoms with van der Waals surface area (Å²) < 4.78 is 15.3. The summed E-state index contributed by atoms with van der Waals surface area (Å²) >= 11 is 8.08. The van der Waals surface area contributed by atoms with Gasteiger partial charge in [-0.2, -0.15) is 5.26 Å². The van der Waals surface area contributed by atoms with Crippen LogP contribution in [0.5, 0.6) is 0 Å². The average Bonchev–Trinajstić information content (AvgIpc) is 2.87. The number of nitrogens with zero attached hydrogens (tertiary/aromatic N) is 2. The van der Waals surface area contributed by atoms with Crippen LogP contribution in [-0.2, 0) is 23.8 Å². The van der Waals surface area contributed by atoms with Crippen molar-refractivity contribution in [1.29, 1.82) is 5.26 Å². The van der Waals surface area contributed by atoms with Gasteiger partial charge in [0, 0.05) is 8.59 Å². The molecule has 35 heavy (non-hydrogen) atoms. The molecule has 0 aliphatic carbocycles. The van der Waals surface area contributed by atoms with E-state index in [0.29, 0.717) is 9.13 Å². The van der Waals surface area contributed by atoms with Crippen molar-refractivity contribution in [2.24, 2.45) is 5.73 Å². The summed E-state index contributed by atoms with van der Waals surface area (Å²) in [5, 5.41) is 10.4. The van der Waals surface area contributed by atoms with Crippen LogP contribution in [0.3, 0.4) is 0 Å². The minimum atomic E-state index is -1.04. The summed E-state index contributed by atoms with van der Waals surface area (Å²) in [6, 6.07) is 13.5. The highest BCUT2D eigenvalue weighted by atomic mass is 127. The van der Waals surface area contributed by atoms with Crippen LogP contribution in [0.2, 0.25) is 5.02 Å². The van der Waals surface area contributed by atoms with Crippen molar-refractivity contribution in [3.63, 3.8) is 0 Å². The molecule has 0 fully saturated rings. The van der Waals surface area contributed by atoms with Crippen LogP contribution < -0.4 is 10.6 Å². The first-order chi connectivity index (χ1) is 16.7. The minimum absolute atomic E-state index is 0.0363. The molecule has 0 aromatic heterocycles. The normalized spacial score (nSPS) is 15.4. The van der Waals surface area contributed by atoms with Gasteiger partial charge in [-0.05, 0) is 40.3 Å². The Balaban J connectivity index is 2.52. The quantitative estimate of drug-likeness (QED) is 0.307. The van der Waals surface area contributed by atoms with Crippen LogP contribution in [0.4, 0.5) is 5.69 Å². The number of nitrogens with two attached hydrogens (primary N) is 1. The van der Waals surface area contributed by atoms with E-state index in [1.165, 1.54) is 19.2 Å². The number of nitriles is 1. The van der Waals surface area contributed by atoms with Gasteiger partial charge in [0.2, 0.25) is 0 Å². The maximum absolute atomic E-state index is 13.2. The average molecular weight is 608 g/mol. The Kier molecular flexibility index (Phi) is 8.03. The Morgan fingerprint density at radius 2 is 1.63 bits per heavy atom. The van der Waals surface area contributed by atoms with Crippen LogP contribution in [0.25, 0.3) is 0 Å². The van der Waals surface area contributed by atoms with Gasteiger partial charge in [0.15, 0.2) is 0 Å². The summed E-state index contributed by atoms with van der Waals surface area (Å²) in [7, 11) is 3.46. The van der Waals surface area contributed by atoms with Gasteiger partial charge in [-0.1, -0.05) is 41.9 Å². The van der Waals surface area contributed by atoms with Gasteiger partial charge >= 0.3 is 17.9 Å². The zero-order valence-electron chi connectivity index (χ0n) is 18.8. The lowest BCUT2D eigenvalue weighted by Gasteiger charge is -2.37. The number of allylic oxidation sites excluding steroid dienone is 1. The van der Waals surface area contributed by atoms with Crippen LogP contribution in [-0.4, -0.2) is 39.2 Å². The fourth-order valence-corrected chi connectivity index (χ4v) is 5.07. The Morgan fingerprint density at radius 3 is 2.17 bits per heavy atom. The zero-order valence-corrected chi connectivity index (χ0v) is 21.7. The van der Waals surface area contributed by atoms with Crippen LogP contribution >= 0.6 is 34.2 Å². The third-order valence-corrected chi connectivity index (χ3v) is 6.31. The lowest BCUT2D eigenvalue weighted by Crippen LogP contribution is -2.41. The predicted molar refractivity (Wildman–Crippen MR) is 135 cm³/mol. The second-order valence-corrected chi connectivity index (χ2v) is 8.71. The molecule has 1 aliphatic heterocycles. The third-order valence-electron chi connectivity index (χ3n) is 5.27. The van der Waals surface area contributed by atoms with Gasteiger partial charge in [0.25, 0.3) is 0 Å². The number of esters is 3. The fraction of sp³-hybridized carbons (Fsp3) is 0.167. The second kappa shape index (κ2) is 10.8. The molecule has 3 rings (SSSR count). The highest BCUT2D eigenvalue weighted by molar-refractivity contribution is 14.1. The van der Waals surface area contributed by atoms with Crippen molar-refractivity contribution in [1.82, 2.24) is 0 Å². The molecule has 1 heterocycles. The van der Waals surface area contributed by atoms with Gasteiger partial charge in [0.1, 0.15) is 11.5 Å². The largest absolute Gasteiger partial charge is 0.466 e. The summed E-state index contributed by atoms with van der Waals surface area (Å²) in [4.78, 5) is 40.2. The van der Waals surface area contributed by atoms with Gasteiger partial charge < -0.3 is 19.9 Å². The van der Waals surface area contributed by atoms with Crippen molar-refractivity contribution in [3.8, 4) is 6.07 Å². The van der Waals surface area contributed by atoms with E-state index in [9.17, 15) is 19.6 Å². The Hall–Kier alpha value is -3.56. The molecule has 11 heteroatoms. The lowest BCUT2D eigenvalue weighted by molar-refractivity contribution is -0.139. The molecule has 0 bridgehead atoms. The molecular weight excluding hydrogens is 589 g/mol. The number of ether oxygens (including phenoxy) is 3. The first-order valence-electron chi connectivity index (χ1n) is 9.94. The molecule has 2 N–H and O–H groups in total. The van der Waals surface area contributed by atoms with Gasteiger partial charge in [0.05, 0.1) is 55.7 Å². The number of hydrogen-bond acceptors (Lipinski definition) is 9. The molecular formula is C24H19ClIN3O6. The Morgan fingerprint density at radius 1 is 1.03 bits per heavy atom. The summed E-state index contributed by atoms with van der Waals surface area (Å²) in [5.74, 6) is -3.81. The van der Waals surface area contributed by atoms with Gasteiger partial charge in [-0.15, -0.1) is 0 Å². The number of halogens is 2. The standard InChI is InChI=1S/C24H19ClIN3O6/c1-33-22(30)14-9-13(25)10-16(26)19(14)29-20(24(32)35-3)18(23(31)34-2)17(15(11-27)21(29)28)12-7-5-4-6-8-12/h4-10,17H,28H2,1-3H3. The van der Waals surface area contributed by atoms with E-state index in [4.69, 9.17) is 31.5 Å². The van der Waals surface area contributed by atoms with Crippen LogP contribution in [0.15, 0.2) is 65.1 Å². The molecule has 0 saturated heterocycles. The van der Waals surface area contributed by atoms with E-state index in [1.807, 2.05) is 22.6 Å². The molecule has 2 aromatic rings. The highest BCUT2D eigenvalue weighted by Crippen LogP contribution is 2.45. The number of benzene rings is 2. The van der Waals surface area contributed by atoms with Gasteiger partial charge in [-0.25, -0.2) is 14.4 Å². The lowest BCUT2D eigenvalue weighted by atomic mass is 9.80. The number of methoxy groups -OCH3 is 3. The first kappa shape index (κ1) is 26.1. The Labute approximate surface area is 219 Å². The zero-order chi connectivity index (χ0) is 25.9. The molecule has 0 saturated carbocycles.